The molecule has 0 saturated carbocycles. The molecule has 1 N–H and O–H groups in total. The highest BCUT2D eigenvalue weighted by molar-refractivity contribution is 5.27. The summed E-state index contributed by atoms with van der Waals surface area (Å²) >= 11 is 0. The van der Waals surface area contributed by atoms with Crippen LogP contribution in [0.5, 0.6) is 5.75 Å². The van der Waals surface area contributed by atoms with E-state index in [-0.39, 0.29) is 0 Å². The molecule has 116 valence electrons. The van der Waals surface area contributed by atoms with E-state index < -0.39 is 0 Å². The molecule has 0 bridgehead atoms. The summed E-state index contributed by atoms with van der Waals surface area (Å²) in [6, 6.07) is 8.69. The third-order valence-corrected chi connectivity index (χ3v) is 3.58. The lowest BCUT2D eigenvalue weighted by Gasteiger charge is -2.29. The van der Waals surface area contributed by atoms with Gasteiger partial charge in [-0.15, -0.1) is 0 Å². The molecule has 4 heteroatoms. The second-order valence-electron chi connectivity index (χ2n) is 5.44. The molecule has 1 atom stereocenters. The molecule has 1 aliphatic rings. The van der Waals surface area contributed by atoms with E-state index in [1.54, 1.807) is 6.08 Å². The number of hydrogen-bond donors (Lipinski definition) is 1. The van der Waals surface area contributed by atoms with Crippen molar-refractivity contribution >= 4 is 0 Å². The molecule has 1 aromatic rings. The maximum absolute atomic E-state index is 5.48. The fourth-order valence-electron chi connectivity index (χ4n) is 2.39. The number of benzene rings is 1. The Morgan fingerprint density at radius 3 is 2.71 bits per heavy atom. The highest BCUT2D eigenvalue weighted by Crippen LogP contribution is 2.12. The maximum atomic E-state index is 5.48. The van der Waals surface area contributed by atoms with Gasteiger partial charge in [0.15, 0.2) is 0 Å². The molecule has 2 rings (SSSR count). The molecule has 1 saturated heterocycles. The van der Waals surface area contributed by atoms with Gasteiger partial charge in [-0.2, -0.15) is 0 Å². The largest absolute Gasteiger partial charge is 0.490 e. The molecular weight excluding hydrogens is 264 g/mol. The zero-order valence-electron chi connectivity index (χ0n) is 12.9. The monoisotopic (exact) mass is 290 g/mol. The van der Waals surface area contributed by atoms with Crippen LogP contribution < -0.4 is 10.1 Å². The molecule has 1 aliphatic heterocycles. The summed E-state index contributed by atoms with van der Waals surface area (Å²) in [5.41, 5.74) is 1.27. The lowest BCUT2D eigenvalue weighted by molar-refractivity contribution is 0.0343. The molecule has 1 fully saturated rings. The molecular formula is C17H26N2O2. The summed E-state index contributed by atoms with van der Waals surface area (Å²) in [4.78, 5) is 2.45. The SMILES string of the molecule is C=CCOc1ccc(CNC(C)CN2CCOCC2)cc1. The molecule has 4 nitrogen and oxygen atoms in total. The van der Waals surface area contributed by atoms with Gasteiger partial charge in [0, 0.05) is 32.2 Å². The standard InChI is InChI=1S/C17H26N2O2/c1-3-10-21-17-6-4-16(5-7-17)13-18-15(2)14-19-8-11-20-12-9-19/h3-7,15,18H,1,8-14H2,2H3. The Morgan fingerprint density at radius 2 is 2.05 bits per heavy atom. The summed E-state index contributed by atoms with van der Waals surface area (Å²) in [5, 5.41) is 3.57. The predicted octanol–water partition coefficient (Wildman–Crippen LogP) is 2.06. The van der Waals surface area contributed by atoms with Crippen molar-refractivity contribution in [3.63, 3.8) is 0 Å². The second-order valence-corrected chi connectivity index (χ2v) is 5.44. The Hall–Kier alpha value is -1.36. The number of nitrogens with zero attached hydrogens (tertiary/aromatic N) is 1. The average Bonchev–Trinajstić information content (AvgIpc) is 2.53. The van der Waals surface area contributed by atoms with E-state index in [9.17, 15) is 0 Å². The first-order valence-corrected chi connectivity index (χ1v) is 7.64. The molecule has 1 heterocycles. The highest BCUT2D eigenvalue weighted by atomic mass is 16.5. The van der Waals surface area contributed by atoms with E-state index in [1.807, 2.05) is 12.1 Å². The van der Waals surface area contributed by atoms with E-state index in [4.69, 9.17) is 9.47 Å². The normalized spacial score (nSPS) is 17.4. The molecule has 21 heavy (non-hydrogen) atoms. The minimum Gasteiger partial charge on any atom is -0.490 e. The van der Waals surface area contributed by atoms with Crippen molar-refractivity contribution in [1.29, 1.82) is 0 Å². The zero-order chi connectivity index (χ0) is 14.9. The molecule has 0 amide bonds. The van der Waals surface area contributed by atoms with Crippen LogP contribution in [0.3, 0.4) is 0 Å². The van der Waals surface area contributed by atoms with Gasteiger partial charge in [-0.25, -0.2) is 0 Å². The number of hydrogen-bond acceptors (Lipinski definition) is 4. The van der Waals surface area contributed by atoms with Crippen LogP contribution in [0, 0.1) is 0 Å². The summed E-state index contributed by atoms with van der Waals surface area (Å²) in [6.45, 7) is 12.2. The van der Waals surface area contributed by atoms with Gasteiger partial charge in [0.05, 0.1) is 13.2 Å². The van der Waals surface area contributed by atoms with Crippen LogP contribution >= 0.6 is 0 Å². The predicted molar refractivity (Wildman–Crippen MR) is 85.7 cm³/mol. The fourth-order valence-corrected chi connectivity index (χ4v) is 2.39. The average molecular weight is 290 g/mol. The van der Waals surface area contributed by atoms with Gasteiger partial charge < -0.3 is 14.8 Å². The van der Waals surface area contributed by atoms with Crippen LogP contribution in [0.1, 0.15) is 12.5 Å². The Balaban J connectivity index is 1.70. The summed E-state index contributed by atoms with van der Waals surface area (Å²) in [7, 11) is 0. The fraction of sp³-hybridized carbons (Fsp3) is 0.529. The summed E-state index contributed by atoms with van der Waals surface area (Å²) in [5.74, 6) is 0.889. The van der Waals surface area contributed by atoms with Crippen molar-refractivity contribution in [2.75, 3.05) is 39.5 Å². The maximum Gasteiger partial charge on any atom is 0.119 e. The number of rotatable bonds is 8. The van der Waals surface area contributed by atoms with Gasteiger partial charge >= 0.3 is 0 Å². The van der Waals surface area contributed by atoms with Crippen molar-refractivity contribution in [1.82, 2.24) is 10.2 Å². The van der Waals surface area contributed by atoms with E-state index in [1.165, 1.54) is 5.56 Å². The van der Waals surface area contributed by atoms with E-state index in [0.29, 0.717) is 12.6 Å². The van der Waals surface area contributed by atoms with Crippen LogP contribution in [0.4, 0.5) is 0 Å². The summed E-state index contributed by atoms with van der Waals surface area (Å²) < 4.78 is 10.8. The Bertz CT molecular complexity index is 413. The van der Waals surface area contributed by atoms with Crippen LogP contribution in [-0.2, 0) is 11.3 Å². The van der Waals surface area contributed by atoms with Crippen molar-refractivity contribution in [3.8, 4) is 5.75 Å². The van der Waals surface area contributed by atoms with Crippen molar-refractivity contribution < 1.29 is 9.47 Å². The van der Waals surface area contributed by atoms with Gasteiger partial charge in [0.25, 0.3) is 0 Å². The first kappa shape index (κ1) is 16.0. The van der Waals surface area contributed by atoms with Gasteiger partial charge in [0.1, 0.15) is 12.4 Å². The van der Waals surface area contributed by atoms with Crippen LogP contribution in [0.25, 0.3) is 0 Å². The second kappa shape index (κ2) is 8.82. The van der Waals surface area contributed by atoms with Gasteiger partial charge in [-0.1, -0.05) is 24.8 Å². The first-order valence-electron chi connectivity index (χ1n) is 7.64. The topological polar surface area (TPSA) is 33.7 Å². The zero-order valence-corrected chi connectivity index (χ0v) is 12.9. The van der Waals surface area contributed by atoms with Crippen molar-refractivity contribution in [2.45, 2.75) is 19.5 Å². The lowest BCUT2D eigenvalue weighted by Crippen LogP contribution is -2.44. The first-order chi connectivity index (χ1) is 10.3. The molecule has 0 spiro atoms. The molecule has 1 unspecified atom stereocenters. The van der Waals surface area contributed by atoms with E-state index in [2.05, 4.69) is 35.9 Å². The minimum absolute atomic E-state index is 0.472. The van der Waals surface area contributed by atoms with Crippen LogP contribution in [-0.4, -0.2) is 50.4 Å². The van der Waals surface area contributed by atoms with Gasteiger partial charge in [0.2, 0.25) is 0 Å². The quantitative estimate of drug-likeness (QED) is 0.743. The molecule has 0 aliphatic carbocycles. The number of ether oxygens (including phenoxy) is 2. The smallest absolute Gasteiger partial charge is 0.119 e. The van der Waals surface area contributed by atoms with Crippen molar-refractivity contribution in [3.05, 3.63) is 42.5 Å². The Labute approximate surface area is 127 Å². The lowest BCUT2D eigenvalue weighted by atomic mass is 10.2. The number of nitrogens with one attached hydrogen (secondary N) is 1. The minimum atomic E-state index is 0.472. The van der Waals surface area contributed by atoms with Gasteiger partial charge in [-0.05, 0) is 24.6 Å². The number of morpholine rings is 1. The Kier molecular flexibility index (Phi) is 6.73. The van der Waals surface area contributed by atoms with Crippen LogP contribution in [0.15, 0.2) is 36.9 Å². The van der Waals surface area contributed by atoms with Crippen molar-refractivity contribution in [2.24, 2.45) is 0 Å². The third-order valence-electron chi connectivity index (χ3n) is 3.58. The summed E-state index contributed by atoms with van der Waals surface area (Å²) in [6.07, 6.45) is 1.75. The van der Waals surface area contributed by atoms with E-state index >= 15 is 0 Å². The molecule has 0 radical (unpaired) electrons. The third kappa shape index (κ3) is 5.87. The molecule has 0 aromatic heterocycles. The van der Waals surface area contributed by atoms with E-state index in [0.717, 1.165) is 45.1 Å². The Morgan fingerprint density at radius 1 is 1.33 bits per heavy atom. The molecule has 1 aromatic carbocycles. The highest BCUT2D eigenvalue weighted by Gasteiger charge is 2.13. The van der Waals surface area contributed by atoms with Crippen LogP contribution in [0.2, 0.25) is 0 Å². The van der Waals surface area contributed by atoms with Gasteiger partial charge in [-0.3, -0.25) is 4.90 Å².